The summed E-state index contributed by atoms with van der Waals surface area (Å²) in [4.78, 5) is 7.88. The molecule has 0 atom stereocenters. The van der Waals surface area contributed by atoms with Crippen molar-refractivity contribution in [3.8, 4) is 17.5 Å². The van der Waals surface area contributed by atoms with Gasteiger partial charge in [0, 0.05) is 18.5 Å². The van der Waals surface area contributed by atoms with Crippen LogP contribution in [0.3, 0.4) is 0 Å². The highest BCUT2D eigenvalue weighted by Gasteiger charge is 2.05. The Balaban J connectivity index is 2.27. The minimum absolute atomic E-state index is 0.252. The van der Waals surface area contributed by atoms with Crippen molar-refractivity contribution >= 4 is 5.69 Å². The Labute approximate surface area is 92.9 Å². The lowest BCUT2D eigenvalue weighted by molar-refractivity contribution is 0.405. The van der Waals surface area contributed by atoms with E-state index in [1.165, 1.54) is 0 Å². The van der Waals surface area contributed by atoms with Gasteiger partial charge in [0.1, 0.15) is 5.75 Å². The van der Waals surface area contributed by atoms with Crippen molar-refractivity contribution in [2.45, 2.75) is 0 Å². The van der Waals surface area contributed by atoms with Gasteiger partial charge in [0.05, 0.1) is 12.8 Å². The van der Waals surface area contributed by atoms with Gasteiger partial charge in [-0.25, -0.2) is 9.97 Å². The lowest BCUT2D eigenvalue weighted by atomic mass is 10.3. The number of nitrogens with two attached hydrogens (primary N) is 1. The number of methoxy groups -OCH3 is 1. The minimum Gasteiger partial charge on any atom is -0.497 e. The van der Waals surface area contributed by atoms with Gasteiger partial charge >= 0.3 is 6.01 Å². The van der Waals surface area contributed by atoms with Crippen LogP contribution in [0.15, 0.2) is 36.7 Å². The number of aromatic nitrogens is 2. The van der Waals surface area contributed by atoms with Gasteiger partial charge in [-0.05, 0) is 18.2 Å². The Bertz CT molecular complexity index is 474. The molecule has 0 fully saturated rings. The molecule has 5 heteroatoms. The Morgan fingerprint density at radius 2 is 1.94 bits per heavy atom. The molecule has 0 saturated heterocycles. The molecule has 16 heavy (non-hydrogen) atoms. The molecule has 1 heterocycles. The van der Waals surface area contributed by atoms with Crippen molar-refractivity contribution in [2.75, 3.05) is 12.8 Å². The highest BCUT2D eigenvalue weighted by molar-refractivity contribution is 5.56. The molecule has 0 radical (unpaired) electrons. The molecule has 0 unspecified atom stereocenters. The first-order chi connectivity index (χ1) is 7.79. The maximum atomic E-state index is 5.76. The van der Waals surface area contributed by atoms with E-state index in [4.69, 9.17) is 15.2 Å². The summed E-state index contributed by atoms with van der Waals surface area (Å²) in [6.07, 6.45) is 3.19. The quantitative estimate of drug-likeness (QED) is 0.794. The van der Waals surface area contributed by atoms with E-state index in [0.717, 1.165) is 0 Å². The van der Waals surface area contributed by atoms with Crippen LogP contribution in [0.1, 0.15) is 0 Å². The summed E-state index contributed by atoms with van der Waals surface area (Å²) < 4.78 is 10.5. The molecule has 82 valence electrons. The zero-order valence-corrected chi connectivity index (χ0v) is 8.75. The van der Waals surface area contributed by atoms with E-state index >= 15 is 0 Å². The number of nitrogens with zero attached hydrogens (tertiary/aromatic N) is 2. The maximum absolute atomic E-state index is 5.76. The van der Waals surface area contributed by atoms with Crippen molar-refractivity contribution in [1.82, 2.24) is 9.97 Å². The molecule has 0 aliphatic heterocycles. The molecule has 0 spiro atoms. The third-order valence-electron chi connectivity index (χ3n) is 1.96. The van der Waals surface area contributed by atoms with Crippen LogP contribution in [0.25, 0.3) is 0 Å². The summed E-state index contributed by atoms with van der Waals surface area (Å²) in [7, 11) is 1.58. The van der Waals surface area contributed by atoms with E-state index in [0.29, 0.717) is 17.2 Å². The van der Waals surface area contributed by atoms with Crippen LogP contribution in [-0.2, 0) is 0 Å². The van der Waals surface area contributed by atoms with E-state index in [9.17, 15) is 0 Å². The van der Waals surface area contributed by atoms with Crippen LogP contribution < -0.4 is 15.2 Å². The topological polar surface area (TPSA) is 70.3 Å². The molecule has 2 aromatic rings. The molecular formula is C11H11N3O2. The number of anilines is 1. The van der Waals surface area contributed by atoms with Gasteiger partial charge in [0.15, 0.2) is 5.75 Å². The van der Waals surface area contributed by atoms with Crippen LogP contribution in [-0.4, -0.2) is 17.1 Å². The fourth-order valence-electron chi connectivity index (χ4n) is 1.17. The standard InChI is InChI=1S/C11H11N3O2/c1-15-8-3-4-9(12)10(7-8)16-11-13-5-2-6-14-11/h2-7H,12H2,1H3. The number of ether oxygens (including phenoxy) is 2. The fourth-order valence-corrected chi connectivity index (χ4v) is 1.17. The van der Waals surface area contributed by atoms with Crippen molar-refractivity contribution < 1.29 is 9.47 Å². The van der Waals surface area contributed by atoms with Crippen LogP contribution >= 0.6 is 0 Å². The molecule has 0 aliphatic rings. The first kappa shape index (κ1) is 10.2. The number of hydrogen-bond acceptors (Lipinski definition) is 5. The smallest absolute Gasteiger partial charge is 0.321 e. The lowest BCUT2D eigenvalue weighted by Gasteiger charge is -2.07. The average Bonchev–Trinajstić information content (AvgIpc) is 2.33. The monoisotopic (exact) mass is 217 g/mol. The molecular weight excluding hydrogens is 206 g/mol. The van der Waals surface area contributed by atoms with E-state index in [1.807, 2.05) is 0 Å². The minimum atomic E-state index is 0.252. The summed E-state index contributed by atoms with van der Waals surface area (Å²) >= 11 is 0. The van der Waals surface area contributed by atoms with E-state index < -0.39 is 0 Å². The lowest BCUT2D eigenvalue weighted by Crippen LogP contribution is -1.95. The zero-order chi connectivity index (χ0) is 11.4. The van der Waals surface area contributed by atoms with Gasteiger partial charge in [0.2, 0.25) is 0 Å². The Hall–Kier alpha value is -2.30. The highest BCUT2D eigenvalue weighted by atomic mass is 16.5. The molecule has 0 bridgehead atoms. The van der Waals surface area contributed by atoms with Gasteiger partial charge < -0.3 is 15.2 Å². The van der Waals surface area contributed by atoms with Crippen molar-refractivity contribution in [2.24, 2.45) is 0 Å². The Morgan fingerprint density at radius 3 is 2.62 bits per heavy atom. The number of rotatable bonds is 3. The SMILES string of the molecule is COc1ccc(N)c(Oc2ncccn2)c1. The van der Waals surface area contributed by atoms with Gasteiger partial charge in [-0.3, -0.25) is 0 Å². The summed E-state index contributed by atoms with van der Waals surface area (Å²) in [5.41, 5.74) is 6.26. The Morgan fingerprint density at radius 1 is 1.19 bits per heavy atom. The molecule has 1 aromatic heterocycles. The third kappa shape index (κ3) is 2.20. The number of benzene rings is 1. The predicted octanol–water partition coefficient (Wildman–Crippen LogP) is 1.86. The van der Waals surface area contributed by atoms with Gasteiger partial charge in [-0.15, -0.1) is 0 Å². The molecule has 2 rings (SSSR count). The molecule has 5 nitrogen and oxygen atoms in total. The van der Waals surface area contributed by atoms with Crippen LogP contribution in [0.4, 0.5) is 5.69 Å². The molecule has 0 aliphatic carbocycles. The largest absolute Gasteiger partial charge is 0.497 e. The zero-order valence-electron chi connectivity index (χ0n) is 8.75. The number of nitrogen functional groups attached to an aromatic ring is 1. The molecule has 2 N–H and O–H groups in total. The van der Waals surface area contributed by atoms with E-state index in [2.05, 4.69) is 9.97 Å². The van der Waals surface area contributed by atoms with Gasteiger partial charge in [-0.1, -0.05) is 0 Å². The molecule has 0 amide bonds. The van der Waals surface area contributed by atoms with Gasteiger partial charge in [-0.2, -0.15) is 0 Å². The Kier molecular flexibility index (Phi) is 2.86. The molecule has 1 aromatic carbocycles. The van der Waals surface area contributed by atoms with Gasteiger partial charge in [0.25, 0.3) is 0 Å². The normalized spacial score (nSPS) is 9.81. The second-order valence-electron chi connectivity index (χ2n) is 3.04. The van der Waals surface area contributed by atoms with E-state index in [-0.39, 0.29) is 6.01 Å². The van der Waals surface area contributed by atoms with Crippen molar-refractivity contribution in [3.63, 3.8) is 0 Å². The van der Waals surface area contributed by atoms with Crippen LogP contribution in [0.2, 0.25) is 0 Å². The van der Waals surface area contributed by atoms with Crippen LogP contribution in [0, 0.1) is 0 Å². The summed E-state index contributed by atoms with van der Waals surface area (Å²) in [5.74, 6) is 1.14. The molecule has 0 saturated carbocycles. The van der Waals surface area contributed by atoms with Crippen LogP contribution in [0.5, 0.6) is 17.5 Å². The summed E-state index contributed by atoms with van der Waals surface area (Å²) in [5, 5.41) is 0. The first-order valence-electron chi connectivity index (χ1n) is 4.68. The van der Waals surface area contributed by atoms with E-state index in [1.54, 1.807) is 43.8 Å². The number of hydrogen-bond donors (Lipinski definition) is 1. The summed E-state index contributed by atoms with van der Waals surface area (Å²) in [6, 6.07) is 7.11. The highest BCUT2D eigenvalue weighted by Crippen LogP contribution is 2.29. The fraction of sp³-hybridized carbons (Fsp3) is 0.0909. The van der Waals surface area contributed by atoms with Crippen molar-refractivity contribution in [3.05, 3.63) is 36.7 Å². The summed E-state index contributed by atoms with van der Waals surface area (Å²) in [6.45, 7) is 0. The second kappa shape index (κ2) is 4.48. The predicted molar refractivity (Wildman–Crippen MR) is 59.5 cm³/mol. The first-order valence-corrected chi connectivity index (χ1v) is 4.68. The third-order valence-corrected chi connectivity index (χ3v) is 1.96. The second-order valence-corrected chi connectivity index (χ2v) is 3.04. The maximum Gasteiger partial charge on any atom is 0.321 e. The average molecular weight is 217 g/mol. The van der Waals surface area contributed by atoms with Crippen molar-refractivity contribution in [1.29, 1.82) is 0 Å².